The maximum absolute atomic E-state index is 12.1. The van der Waals surface area contributed by atoms with Gasteiger partial charge >= 0.3 is 0 Å². The molecule has 0 aliphatic heterocycles. The molecule has 4 nitrogen and oxygen atoms in total. The summed E-state index contributed by atoms with van der Waals surface area (Å²) in [5.41, 5.74) is 0.755. The Kier molecular flexibility index (Phi) is 4.66. The molecule has 1 aromatic rings. The summed E-state index contributed by atoms with van der Waals surface area (Å²) in [4.78, 5) is 12.1. The van der Waals surface area contributed by atoms with Crippen molar-refractivity contribution in [2.24, 2.45) is 5.92 Å². The van der Waals surface area contributed by atoms with Crippen LogP contribution in [0.15, 0.2) is 15.5 Å². The van der Waals surface area contributed by atoms with E-state index in [0.717, 1.165) is 11.6 Å². The van der Waals surface area contributed by atoms with E-state index in [-0.39, 0.29) is 11.6 Å². The molecule has 5 heteroatoms. The Hall–Kier alpha value is -0.840. The Bertz CT molecular complexity index is 490. The van der Waals surface area contributed by atoms with Crippen LogP contribution >= 0.6 is 15.9 Å². The molecule has 1 saturated carbocycles. The van der Waals surface area contributed by atoms with Gasteiger partial charge in [0, 0.05) is 6.04 Å². The normalized spacial score (nSPS) is 23.6. The van der Waals surface area contributed by atoms with Crippen LogP contribution in [0.25, 0.3) is 0 Å². The molecule has 0 amide bonds. The average molecular weight is 328 g/mol. The van der Waals surface area contributed by atoms with Crippen LogP contribution < -0.4 is 10.9 Å². The number of rotatable bonds is 3. The van der Waals surface area contributed by atoms with Gasteiger partial charge in [-0.3, -0.25) is 4.79 Å². The molecule has 0 radical (unpaired) electrons. The topological polar surface area (TPSA) is 46.9 Å². The molecule has 1 aliphatic carbocycles. The molecule has 1 aromatic heterocycles. The second-order valence-electron chi connectivity index (χ2n) is 5.82. The van der Waals surface area contributed by atoms with Crippen molar-refractivity contribution in [3.05, 3.63) is 21.0 Å². The van der Waals surface area contributed by atoms with Crippen molar-refractivity contribution in [2.45, 2.75) is 58.5 Å². The average Bonchev–Trinajstić information content (AvgIpc) is 2.37. The van der Waals surface area contributed by atoms with Gasteiger partial charge in [-0.1, -0.05) is 6.92 Å². The lowest BCUT2D eigenvalue weighted by Crippen LogP contribution is -2.29. The summed E-state index contributed by atoms with van der Waals surface area (Å²) in [7, 11) is 0. The third kappa shape index (κ3) is 3.38. The number of aromatic nitrogens is 2. The quantitative estimate of drug-likeness (QED) is 0.923. The number of hydrogen-bond donors (Lipinski definition) is 1. The summed E-state index contributed by atoms with van der Waals surface area (Å²) >= 11 is 3.40. The largest absolute Gasteiger partial charge is 0.380 e. The van der Waals surface area contributed by atoms with Gasteiger partial charge in [-0.25, -0.2) is 4.68 Å². The van der Waals surface area contributed by atoms with Crippen LogP contribution in [0.2, 0.25) is 0 Å². The molecule has 0 saturated heterocycles. The van der Waals surface area contributed by atoms with Crippen molar-refractivity contribution >= 4 is 21.6 Å². The first-order chi connectivity index (χ1) is 8.99. The highest BCUT2D eigenvalue weighted by molar-refractivity contribution is 9.10. The van der Waals surface area contributed by atoms with Crippen LogP contribution in [-0.2, 0) is 0 Å². The number of nitrogens with one attached hydrogen (secondary N) is 1. The van der Waals surface area contributed by atoms with Crippen molar-refractivity contribution in [1.29, 1.82) is 0 Å². The molecule has 2 rings (SSSR count). The van der Waals surface area contributed by atoms with Crippen molar-refractivity contribution in [3.8, 4) is 0 Å². The Morgan fingerprint density at radius 3 is 2.58 bits per heavy atom. The highest BCUT2D eigenvalue weighted by Gasteiger charge is 2.20. The Balaban J connectivity index is 2.13. The van der Waals surface area contributed by atoms with Gasteiger partial charge < -0.3 is 5.32 Å². The molecule has 0 spiro atoms. The van der Waals surface area contributed by atoms with Crippen LogP contribution in [0.4, 0.5) is 5.69 Å². The van der Waals surface area contributed by atoms with Crippen molar-refractivity contribution in [3.63, 3.8) is 0 Å². The number of nitrogens with zero attached hydrogens (tertiary/aromatic N) is 2. The first-order valence-corrected chi connectivity index (χ1v) is 7.82. The second kappa shape index (κ2) is 6.07. The van der Waals surface area contributed by atoms with E-state index in [1.807, 2.05) is 13.8 Å². The Labute approximate surface area is 122 Å². The number of halogens is 1. The SMILES string of the molecule is CC1CCC(Nc2cnn(C(C)C)c(=O)c2Br)CC1. The standard InChI is InChI=1S/C14H22BrN3O/c1-9(2)18-14(19)13(15)12(8-16-18)17-11-6-4-10(3)5-7-11/h8-11,17H,4-7H2,1-3H3. The maximum Gasteiger partial charge on any atom is 0.283 e. The Morgan fingerprint density at radius 2 is 2.00 bits per heavy atom. The monoisotopic (exact) mass is 327 g/mol. The van der Waals surface area contributed by atoms with E-state index in [0.29, 0.717) is 10.5 Å². The van der Waals surface area contributed by atoms with Crippen LogP contribution in [0.1, 0.15) is 52.5 Å². The molecule has 19 heavy (non-hydrogen) atoms. The zero-order valence-corrected chi connectivity index (χ0v) is 13.4. The van der Waals surface area contributed by atoms with Crippen LogP contribution in [0.3, 0.4) is 0 Å². The first kappa shape index (κ1) is 14.6. The van der Waals surface area contributed by atoms with Crippen LogP contribution in [0.5, 0.6) is 0 Å². The minimum Gasteiger partial charge on any atom is -0.380 e. The molecule has 1 N–H and O–H groups in total. The zero-order valence-electron chi connectivity index (χ0n) is 11.8. The lowest BCUT2D eigenvalue weighted by atomic mass is 9.87. The number of anilines is 1. The molecular weight excluding hydrogens is 306 g/mol. The van der Waals surface area contributed by atoms with Gasteiger partial charge in [0.2, 0.25) is 0 Å². The predicted molar refractivity (Wildman–Crippen MR) is 81.6 cm³/mol. The minimum absolute atomic E-state index is 0.0656. The van der Waals surface area contributed by atoms with Crippen molar-refractivity contribution in [1.82, 2.24) is 9.78 Å². The molecular formula is C14H22BrN3O. The van der Waals surface area contributed by atoms with Crippen LogP contribution in [-0.4, -0.2) is 15.8 Å². The summed E-state index contributed by atoms with van der Waals surface area (Å²) in [6, 6.07) is 0.539. The minimum atomic E-state index is -0.0656. The fourth-order valence-corrected chi connectivity index (χ4v) is 2.94. The van der Waals surface area contributed by atoms with Crippen molar-refractivity contribution in [2.75, 3.05) is 5.32 Å². The Morgan fingerprint density at radius 1 is 1.37 bits per heavy atom. The molecule has 1 fully saturated rings. The molecule has 0 aromatic carbocycles. The fraction of sp³-hybridized carbons (Fsp3) is 0.714. The summed E-state index contributed by atoms with van der Waals surface area (Å²) in [5.74, 6) is 0.827. The van der Waals surface area contributed by atoms with E-state index < -0.39 is 0 Å². The van der Waals surface area contributed by atoms with E-state index >= 15 is 0 Å². The lowest BCUT2D eigenvalue weighted by molar-refractivity contribution is 0.361. The zero-order chi connectivity index (χ0) is 14.0. The summed E-state index contributed by atoms with van der Waals surface area (Å²) in [6.45, 7) is 6.21. The molecule has 1 heterocycles. The smallest absolute Gasteiger partial charge is 0.283 e. The number of hydrogen-bond acceptors (Lipinski definition) is 3. The highest BCUT2D eigenvalue weighted by Crippen LogP contribution is 2.27. The van der Waals surface area contributed by atoms with Gasteiger partial charge in [-0.05, 0) is 61.4 Å². The molecule has 0 bridgehead atoms. The van der Waals surface area contributed by atoms with Gasteiger partial charge in [-0.2, -0.15) is 5.10 Å². The van der Waals surface area contributed by atoms with Crippen LogP contribution in [0, 0.1) is 5.92 Å². The second-order valence-corrected chi connectivity index (χ2v) is 6.61. The molecule has 106 valence electrons. The molecule has 1 aliphatic rings. The molecule has 0 unspecified atom stereocenters. The van der Waals surface area contributed by atoms with E-state index in [2.05, 4.69) is 33.3 Å². The highest BCUT2D eigenvalue weighted by atomic mass is 79.9. The summed E-state index contributed by atoms with van der Waals surface area (Å²) in [5, 5.41) is 7.68. The van der Waals surface area contributed by atoms with E-state index in [4.69, 9.17) is 0 Å². The van der Waals surface area contributed by atoms with Crippen molar-refractivity contribution < 1.29 is 0 Å². The third-order valence-corrected chi connectivity index (χ3v) is 4.57. The van der Waals surface area contributed by atoms with Gasteiger partial charge in [-0.15, -0.1) is 0 Å². The maximum atomic E-state index is 12.1. The third-order valence-electron chi connectivity index (χ3n) is 3.81. The summed E-state index contributed by atoms with van der Waals surface area (Å²) in [6.07, 6.45) is 6.60. The van der Waals surface area contributed by atoms with E-state index in [9.17, 15) is 4.79 Å². The van der Waals surface area contributed by atoms with E-state index in [1.165, 1.54) is 30.4 Å². The first-order valence-electron chi connectivity index (χ1n) is 7.03. The van der Waals surface area contributed by atoms with Gasteiger partial charge in [0.1, 0.15) is 4.47 Å². The predicted octanol–water partition coefficient (Wildman–Crippen LogP) is 3.58. The summed E-state index contributed by atoms with van der Waals surface area (Å²) < 4.78 is 2.09. The molecule has 0 atom stereocenters. The van der Waals surface area contributed by atoms with Gasteiger partial charge in [0.25, 0.3) is 5.56 Å². The van der Waals surface area contributed by atoms with Gasteiger partial charge in [0.15, 0.2) is 0 Å². The lowest BCUT2D eigenvalue weighted by Gasteiger charge is -2.28. The van der Waals surface area contributed by atoms with E-state index in [1.54, 1.807) is 6.20 Å². The fourth-order valence-electron chi connectivity index (χ4n) is 2.54. The van der Waals surface area contributed by atoms with Gasteiger partial charge in [0.05, 0.1) is 17.9 Å².